The average Bonchev–Trinajstić information content (AvgIpc) is 1.65. The van der Waals surface area contributed by atoms with Crippen molar-refractivity contribution in [2.24, 2.45) is 17.2 Å². The van der Waals surface area contributed by atoms with Crippen molar-refractivity contribution >= 4 is 0 Å². The van der Waals surface area contributed by atoms with E-state index in [9.17, 15) is 0 Å². The largest absolute Gasteiger partial charge is 0.316 e. The smallest absolute Gasteiger partial charge is 0.133 e. The molecule has 0 aromatic heterocycles. The molecule has 0 fully saturated rings. The molecule has 0 aromatic rings. The average molecular weight is 106 g/mol. The highest BCUT2D eigenvalue weighted by molar-refractivity contribution is 4.39. The molecular formula is C2H10N4O. The van der Waals surface area contributed by atoms with Gasteiger partial charge in [0.05, 0.1) is 6.67 Å². The molecule has 0 bridgehead atoms. The van der Waals surface area contributed by atoms with Crippen molar-refractivity contribution in [3.05, 3.63) is 0 Å². The molecule has 0 aliphatic heterocycles. The summed E-state index contributed by atoms with van der Waals surface area (Å²) in [5.74, 6) is 0. The van der Waals surface area contributed by atoms with Crippen LogP contribution in [0.3, 0.4) is 0 Å². The molecule has 0 aromatic carbocycles. The number of hydroxylamine groups is 2. The first-order valence-electron chi connectivity index (χ1n) is 1.85. The Kier molecular flexibility index (Phi) is 2.81. The van der Waals surface area contributed by atoms with E-state index < -0.39 is 6.29 Å². The predicted octanol–water partition coefficient (Wildman–Crippen LogP) is -2.21. The molecule has 0 heterocycles. The SMILES string of the molecule is NCN(O)C(N)N. The summed E-state index contributed by atoms with van der Waals surface area (Å²) in [4.78, 5) is 0. The highest BCUT2D eigenvalue weighted by Gasteiger charge is 1.99. The van der Waals surface area contributed by atoms with E-state index in [-0.39, 0.29) is 6.67 Å². The van der Waals surface area contributed by atoms with E-state index in [1.807, 2.05) is 0 Å². The molecule has 0 aliphatic carbocycles. The van der Waals surface area contributed by atoms with Gasteiger partial charge in [-0.05, 0) is 0 Å². The fourth-order valence-electron chi connectivity index (χ4n) is 0.122. The second kappa shape index (κ2) is 2.89. The number of nitrogens with two attached hydrogens (primary N) is 3. The number of rotatable bonds is 2. The molecule has 0 atom stereocenters. The fraction of sp³-hybridized carbons (Fsp3) is 1.00. The monoisotopic (exact) mass is 106 g/mol. The van der Waals surface area contributed by atoms with Crippen molar-refractivity contribution in [3.63, 3.8) is 0 Å². The van der Waals surface area contributed by atoms with Crippen LogP contribution in [0.2, 0.25) is 0 Å². The highest BCUT2D eigenvalue weighted by Crippen LogP contribution is 1.70. The minimum Gasteiger partial charge on any atom is -0.316 e. The Labute approximate surface area is 41.6 Å². The van der Waals surface area contributed by atoms with Crippen molar-refractivity contribution in [3.8, 4) is 0 Å². The van der Waals surface area contributed by atoms with Crippen LogP contribution in [0.15, 0.2) is 0 Å². The van der Waals surface area contributed by atoms with Crippen LogP contribution in [0.1, 0.15) is 0 Å². The lowest BCUT2D eigenvalue weighted by Gasteiger charge is -2.14. The Balaban J connectivity index is 3.14. The summed E-state index contributed by atoms with van der Waals surface area (Å²) in [5.41, 5.74) is 14.7. The van der Waals surface area contributed by atoms with E-state index in [0.29, 0.717) is 5.06 Å². The summed E-state index contributed by atoms with van der Waals surface area (Å²) in [5, 5.41) is 9.02. The van der Waals surface area contributed by atoms with Crippen LogP contribution in [0.25, 0.3) is 0 Å². The molecule has 5 heteroatoms. The molecule has 0 rings (SSSR count). The van der Waals surface area contributed by atoms with Gasteiger partial charge in [0.15, 0.2) is 0 Å². The highest BCUT2D eigenvalue weighted by atomic mass is 16.5. The second-order valence-electron chi connectivity index (χ2n) is 1.11. The quantitative estimate of drug-likeness (QED) is 0.236. The van der Waals surface area contributed by atoms with Crippen molar-refractivity contribution in [2.45, 2.75) is 6.29 Å². The van der Waals surface area contributed by atoms with Gasteiger partial charge in [-0.25, -0.2) is 0 Å². The summed E-state index contributed by atoms with van der Waals surface area (Å²) < 4.78 is 0. The Morgan fingerprint density at radius 1 is 1.57 bits per heavy atom. The van der Waals surface area contributed by atoms with Gasteiger partial charge < -0.3 is 22.4 Å². The van der Waals surface area contributed by atoms with Crippen LogP contribution >= 0.6 is 0 Å². The van der Waals surface area contributed by atoms with Gasteiger partial charge >= 0.3 is 0 Å². The predicted molar refractivity (Wildman–Crippen MR) is 24.8 cm³/mol. The van der Waals surface area contributed by atoms with Gasteiger partial charge in [0.25, 0.3) is 0 Å². The van der Waals surface area contributed by atoms with Crippen molar-refractivity contribution in [2.75, 3.05) is 6.67 Å². The van der Waals surface area contributed by atoms with Crippen molar-refractivity contribution in [1.29, 1.82) is 0 Å². The number of hydrogen-bond acceptors (Lipinski definition) is 5. The maximum Gasteiger partial charge on any atom is 0.133 e. The lowest BCUT2D eigenvalue weighted by atomic mass is 10.8. The Bertz CT molecular complexity index is 47.0. The molecule has 0 spiro atoms. The lowest BCUT2D eigenvalue weighted by Crippen LogP contribution is -2.49. The van der Waals surface area contributed by atoms with Gasteiger partial charge in [0.1, 0.15) is 6.29 Å². The van der Waals surface area contributed by atoms with E-state index in [0.717, 1.165) is 0 Å². The topological polar surface area (TPSA) is 102 Å². The first-order valence-corrected chi connectivity index (χ1v) is 1.85. The van der Waals surface area contributed by atoms with Crippen molar-refractivity contribution < 1.29 is 5.21 Å². The van der Waals surface area contributed by atoms with Gasteiger partial charge in [-0.3, -0.25) is 0 Å². The molecule has 44 valence electrons. The lowest BCUT2D eigenvalue weighted by molar-refractivity contribution is -0.121. The van der Waals surface area contributed by atoms with Crippen LogP contribution in [-0.4, -0.2) is 23.2 Å². The second-order valence-corrected chi connectivity index (χ2v) is 1.11. The van der Waals surface area contributed by atoms with Crippen LogP contribution < -0.4 is 17.2 Å². The molecule has 0 saturated carbocycles. The first kappa shape index (κ1) is 6.80. The third-order valence-electron chi connectivity index (χ3n) is 0.531. The van der Waals surface area contributed by atoms with Crippen LogP contribution in [0.5, 0.6) is 0 Å². The minimum atomic E-state index is -0.870. The normalized spacial score (nSPS) is 11.1. The minimum absolute atomic E-state index is 0.0440. The molecule has 0 unspecified atom stereocenters. The van der Waals surface area contributed by atoms with Gasteiger partial charge in [-0.15, -0.1) is 5.06 Å². The zero-order chi connectivity index (χ0) is 5.86. The third-order valence-corrected chi connectivity index (χ3v) is 0.531. The fourth-order valence-corrected chi connectivity index (χ4v) is 0.122. The standard InChI is InChI=1S/C2H10N4O/c3-1-6(7)2(4)5/h2,7H,1,3-5H2. The van der Waals surface area contributed by atoms with Gasteiger partial charge in [0, 0.05) is 0 Å². The number of hydrogen-bond donors (Lipinski definition) is 4. The van der Waals surface area contributed by atoms with Crippen LogP contribution in [0, 0.1) is 0 Å². The summed E-state index contributed by atoms with van der Waals surface area (Å²) in [6.45, 7) is -0.0440. The molecule has 0 saturated heterocycles. The van der Waals surface area contributed by atoms with Crippen molar-refractivity contribution in [1.82, 2.24) is 5.06 Å². The van der Waals surface area contributed by atoms with Gasteiger partial charge in [-0.2, -0.15) is 0 Å². The molecule has 7 N–H and O–H groups in total. The molecule has 7 heavy (non-hydrogen) atoms. The number of nitrogens with zero attached hydrogens (tertiary/aromatic N) is 1. The van der Waals surface area contributed by atoms with Gasteiger partial charge in [0.2, 0.25) is 0 Å². The maximum atomic E-state index is 8.39. The van der Waals surface area contributed by atoms with Gasteiger partial charge in [-0.1, -0.05) is 0 Å². The van der Waals surface area contributed by atoms with E-state index in [1.54, 1.807) is 0 Å². The molecule has 0 amide bonds. The van der Waals surface area contributed by atoms with Crippen LogP contribution in [-0.2, 0) is 0 Å². The van der Waals surface area contributed by atoms with E-state index in [4.69, 9.17) is 22.4 Å². The Morgan fingerprint density at radius 2 is 2.00 bits per heavy atom. The summed E-state index contributed by atoms with van der Waals surface area (Å²) in [6, 6.07) is 0. The summed E-state index contributed by atoms with van der Waals surface area (Å²) >= 11 is 0. The third kappa shape index (κ3) is 2.49. The zero-order valence-electron chi connectivity index (χ0n) is 3.91. The Morgan fingerprint density at radius 3 is 2.00 bits per heavy atom. The van der Waals surface area contributed by atoms with Crippen LogP contribution in [0.4, 0.5) is 0 Å². The molecule has 5 nitrogen and oxygen atoms in total. The Hall–Kier alpha value is -0.200. The summed E-state index contributed by atoms with van der Waals surface area (Å²) in [7, 11) is 0. The van der Waals surface area contributed by atoms with E-state index in [1.165, 1.54) is 0 Å². The molecule has 0 aliphatic rings. The molecule has 0 radical (unpaired) electrons. The first-order chi connectivity index (χ1) is 3.18. The van der Waals surface area contributed by atoms with E-state index in [2.05, 4.69) is 0 Å². The summed E-state index contributed by atoms with van der Waals surface area (Å²) in [6.07, 6.45) is -0.870. The maximum absolute atomic E-state index is 8.39. The zero-order valence-corrected chi connectivity index (χ0v) is 3.91. The van der Waals surface area contributed by atoms with E-state index >= 15 is 0 Å². The molecular weight excluding hydrogens is 96.0 g/mol.